The number of hydrogen-bond donors (Lipinski definition) is 3. The average molecular weight is 238 g/mol. The molecule has 0 aliphatic carbocycles. The number of aromatic hydroxyl groups is 1. The van der Waals surface area contributed by atoms with Gasteiger partial charge < -0.3 is 9.84 Å². The number of carbonyl (C=O) groups excluding carboxylic acids is 1. The number of amides is 1. The highest BCUT2D eigenvalue weighted by Gasteiger charge is 2.12. The molecular weight excluding hydrogens is 220 g/mol. The van der Waals surface area contributed by atoms with E-state index >= 15 is 0 Å². The number of phenols is 1. The zero-order chi connectivity index (χ0) is 12.8. The van der Waals surface area contributed by atoms with Gasteiger partial charge in [-0.25, -0.2) is 5.84 Å². The molecule has 94 valence electrons. The average Bonchev–Trinajstić information content (AvgIpc) is 2.31. The molecule has 1 atom stereocenters. The standard InChI is InChI=1S/C12H18N2O3/c1-3-4-8(2)17-9-5-6-11(15)10(7-9)12(16)14-13/h5-8,15H,3-4,13H2,1-2H3,(H,14,16). The predicted octanol–water partition coefficient (Wildman–Crippen LogP) is 1.56. The minimum Gasteiger partial charge on any atom is -0.507 e. The molecule has 4 N–H and O–H groups in total. The normalized spacial score (nSPS) is 11.9. The van der Waals surface area contributed by atoms with Gasteiger partial charge in [-0.3, -0.25) is 10.2 Å². The Labute approximate surface area is 101 Å². The van der Waals surface area contributed by atoms with Gasteiger partial charge in [0.1, 0.15) is 11.5 Å². The first-order valence-electron chi connectivity index (χ1n) is 5.59. The summed E-state index contributed by atoms with van der Waals surface area (Å²) < 4.78 is 5.61. The lowest BCUT2D eigenvalue weighted by Crippen LogP contribution is -2.30. The van der Waals surface area contributed by atoms with Crippen LogP contribution >= 0.6 is 0 Å². The molecule has 1 aromatic carbocycles. The SMILES string of the molecule is CCCC(C)Oc1ccc(O)c(C(=O)NN)c1. The molecule has 0 heterocycles. The van der Waals surface area contributed by atoms with Crippen LogP contribution in [0.1, 0.15) is 37.0 Å². The molecule has 1 amide bonds. The number of nitrogens with one attached hydrogen (secondary N) is 1. The number of phenolic OH excluding ortho intramolecular Hbond substituents is 1. The number of benzene rings is 1. The van der Waals surface area contributed by atoms with Crippen LogP contribution in [0.2, 0.25) is 0 Å². The van der Waals surface area contributed by atoms with E-state index in [1.54, 1.807) is 6.07 Å². The van der Waals surface area contributed by atoms with E-state index in [1.165, 1.54) is 12.1 Å². The van der Waals surface area contributed by atoms with E-state index in [2.05, 4.69) is 6.92 Å². The van der Waals surface area contributed by atoms with Crippen LogP contribution in [0, 0.1) is 0 Å². The predicted molar refractivity (Wildman–Crippen MR) is 64.8 cm³/mol. The minimum atomic E-state index is -0.545. The molecule has 1 aromatic rings. The highest BCUT2D eigenvalue weighted by Crippen LogP contribution is 2.24. The number of hydrogen-bond acceptors (Lipinski definition) is 4. The van der Waals surface area contributed by atoms with E-state index in [-0.39, 0.29) is 17.4 Å². The number of hydrazine groups is 1. The van der Waals surface area contributed by atoms with Crippen LogP contribution in [0.25, 0.3) is 0 Å². The van der Waals surface area contributed by atoms with E-state index in [9.17, 15) is 9.90 Å². The quantitative estimate of drug-likeness (QED) is 0.413. The van der Waals surface area contributed by atoms with Gasteiger partial charge in [0.05, 0.1) is 11.7 Å². The molecule has 17 heavy (non-hydrogen) atoms. The van der Waals surface area contributed by atoms with Crippen molar-refractivity contribution in [2.24, 2.45) is 5.84 Å². The van der Waals surface area contributed by atoms with Crippen LogP contribution in [-0.4, -0.2) is 17.1 Å². The molecule has 0 aromatic heterocycles. The molecule has 0 fully saturated rings. The van der Waals surface area contributed by atoms with Crippen LogP contribution < -0.4 is 16.0 Å². The molecule has 0 saturated carbocycles. The van der Waals surface area contributed by atoms with Crippen molar-refractivity contribution in [1.29, 1.82) is 0 Å². The second-order valence-corrected chi connectivity index (χ2v) is 3.87. The van der Waals surface area contributed by atoms with Gasteiger partial charge in [-0.15, -0.1) is 0 Å². The first-order chi connectivity index (χ1) is 8.08. The lowest BCUT2D eigenvalue weighted by molar-refractivity contribution is 0.0950. The molecule has 0 aliphatic rings. The van der Waals surface area contributed by atoms with Crippen LogP contribution in [0.15, 0.2) is 18.2 Å². The fourth-order valence-electron chi connectivity index (χ4n) is 1.55. The molecule has 1 rings (SSSR count). The summed E-state index contributed by atoms with van der Waals surface area (Å²) in [6, 6.07) is 4.51. The van der Waals surface area contributed by atoms with Crippen molar-refractivity contribution in [3.8, 4) is 11.5 Å². The van der Waals surface area contributed by atoms with Gasteiger partial charge in [-0.1, -0.05) is 13.3 Å². The monoisotopic (exact) mass is 238 g/mol. The van der Waals surface area contributed by atoms with Gasteiger partial charge in [-0.2, -0.15) is 0 Å². The fourth-order valence-corrected chi connectivity index (χ4v) is 1.55. The summed E-state index contributed by atoms with van der Waals surface area (Å²) in [4.78, 5) is 11.3. The summed E-state index contributed by atoms with van der Waals surface area (Å²) in [7, 11) is 0. The Balaban J connectivity index is 2.85. The van der Waals surface area contributed by atoms with Crippen molar-refractivity contribution in [3.63, 3.8) is 0 Å². The van der Waals surface area contributed by atoms with Gasteiger partial charge in [0, 0.05) is 0 Å². The summed E-state index contributed by atoms with van der Waals surface area (Å²) in [5, 5.41) is 9.50. The molecule has 0 bridgehead atoms. The Kier molecular flexibility index (Phi) is 4.78. The second kappa shape index (κ2) is 6.10. The Morgan fingerprint density at radius 3 is 2.88 bits per heavy atom. The Bertz CT molecular complexity index is 393. The van der Waals surface area contributed by atoms with Gasteiger partial charge >= 0.3 is 0 Å². The maximum atomic E-state index is 11.3. The molecule has 0 saturated heterocycles. The third kappa shape index (κ3) is 3.64. The molecule has 5 heteroatoms. The van der Waals surface area contributed by atoms with Crippen LogP contribution in [0.4, 0.5) is 0 Å². The van der Waals surface area contributed by atoms with E-state index in [0.29, 0.717) is 5.75 Å². The third-order valence-electron chi connectivity index (χ3n) is 2.38. The third-order valence-corrected chi connectivity index (χ3v) is 2.38. The number of rotatable bonds is 5. The Morgan fingerprint density at radius 1 is 1.59 bits per heavy atom. The van der Waals surface area contributed by atoms with Crippen LogP contribution in [0.3, 0.4) is 0 Å². The first kappa shape index (κ1) is 13.3. The number of nitrogen functional groups attached to an aromatic ring is 1. The van der Waals surface area contributed by atoms with Crippen LogP contribution in [-0.2, 0) is 0 Å². The summed E-state index contributed by atoms with van der Waals surface area (Å²) >= 11 is 0. The minimum absolute atomic E-state index is 0.0679. The van der Waals surface area contributed by atoms with Gasteiger partial charge in [0.25, 0.3) is 5.91 Å². The smallest absolute Gasteiger partial charge is 0.269 e. The van der Waals surface area contributed by atoms with Crippen molar-refractivity contribution in [1.82, 2.24) is 5.43 Å². The van der Waals surface area contributed by atoms with E-state index < -0.39 is 5.91 Å². The van der Waals surface area contributed by atoms with Crippen molar-refractivity contribution in [3.05, 3.63) is 23.8 Å². The maximum Gasteiger partial charge on any atom is 0.269 e. The molecule has 0 radical (unpaired) electrons. The fraction of sp³-hybridized carbons (Fsp3) is 0.417. The maximum absolute atomic E-state index is 11.3. The summed E-state index contributed by atoms with van der Waals surface area (Å²) in [5.74, 6) is 4.90. The van der Waals surface area contributed by atoms with Crippen LogP contribution in [0.5, 0.6) is 11.5 Å². The first-order valence-corrected chi connectivity index (χ1v) is 5.59. The summed E-state index contributed by atoms with van der Waals surface area (Å²) in [6.07, 6.45) is 2.02. The second-order valence-electron chi connectivity index (χ2n) is 3.87. The van der Waals surface area contributed by atoms with Gasteiger partial charge in [0.2, 0.25) is 0 Å². The lowest BCUT2D eigenvalue weighted by atomic mass is 10.1. The van der Waals surface area contributed by atoms with Crippen molar-refractivity contribution >= 4 is 5.91 Å². The van der Waals surface area contributed by atoms with E-state index in [1.807, 2.05) is 12.3 Å². The van der Waals surface area contributed by atoms with E-state index in [0.717, 1.165) is 12.8 Å². The summed E-state index contributed by atoms with van der Waals surface area (Å²) in [6.45, 7) is 4.03. The van der Waals surface area contributed by atoms with Gasteiger partial charge in [0.15, 0.2) is 0 Å². The molecular formula is C12H18N2O3. The molecule has 0 aliphatic heterocycles. The summed E-state index contributed by atoms with van der Waals surface area (Å²) in [5.41, 5.74) is 2.08. The number of ether oxygens (including phenoxy) is 1. The Hall–Kier alpha value is -1.75. The van der Waals surface area contributed by atoms with Crippen molar-refractivity contribution in [2.75, 3.05) is 0 Å². The number of carbonyl (C=O) groups is 1. The number of nitrogens with two attached hydrogens (primary N) is 1. The van der Waals surface area contributed by atoms with Crippen molar-refractivity contribution in [2.45, 2.75) is 32.8 Å². The topological polar surface area (TPSA) is 84.6 Å². The highest BCUT2D eigenvalue weighted by atomic mass is 16.5. The highest BCUT2D eigenvalue weighted by molar-refractivity contribution is 5.96. The molecule has 5 nitrogen and oxygen atoms in total. The zero-order valence-corrected chi connectivity index (χ0v) is 10.1. The van der Waals surface area contributed by atoms with Gasteiger partial charge in [-0.05, 0) is 31.5 Å². The molecule has 1 unspecified atom stereocenters. The largest absolute Gasteiger partial charge is 0.507 e. The van der Waals surface area contributed by atoms with Crippen molar-refractivity contribution < 1.29 is 14.6 Å². The molecule has 0 spiro atoms. The lowest BCUT2D eigenvalue weighted by Gasteiger charge is -2.14. The van der Waals surface area contributed by atoms with E-state index in [4.69, 9.17) is 10.6 Å². The zero-order valence-electron chi connectivity index (χ0n) is 10.1. The Morgan fingerprint density at radius 2 is 2.29 bits per heavy atom.